The molecule has 1 aromatic carbocycles. The summed E-state index contributed by atoms with van der Waals surface area (Å²) in [6.45, 7) is 6.04. The monoisotopic (exact) mass is 493 g/mol. The molecule has 4 rings (SSSR count). The highest BCUT2D eigenvalue weighted by atomic mass is 35.5. The first-order valence-electron chi connectivity index (χ1n) is 10.6. The number of hydrogen-bond donors (Lipinski definition) is 2. The van der Waals surface area contributed by atoms with Crippen molar-refractivity contribution in [3.05, 3.63) is 45.0 Å². The van der Waals surface area contributed by atoms with Crippen molar-refractivity contribution in [3.8, 4) is 0 Å². The van der Waals surface area contributed by atoms with Gasteiger partial charge in [-0.25, -0.2) is 4.39 Å². The van der Waals surface area contributed by atoms with Crippen LogP contribution in [0, 0.1) is 12.7 Å². The molecule has 0 spiro atoms. The Bertz CT molecular complexity index is 1100. The van der Waals surface area contributed by atoms with E-state index in [2.05, 4.69) is 15.7 Å². The number of nitrogens with one attached hydrogen (secondary N) is 2. The minimum Gasteiger partial charge on any atom is -0.378 e. The number of likely N-dealkylation sites (N-methyl/N-ethyl adjacent to an activating group) is 1. The summed E-state index contributed by atoms with van der Waals surface area (Å²) in [4.78, 5) is 28.0. The highest BCUT2D eigenvalue weighted by Crippen LogP contribution is 2.37. The van der Waals surface area contributed by atoms with Crippen LogP contribution in [0.15, 0.2) is 23.3 Å². The lowest BCUT2D eigenvalue weighted by atomic mass is 10.1. The molecule has 3 heterocycles. The van der Waals surface area contributed by atoms with E-state index in [0.29, 0.717) is 47.4 Å². The molecule has 1 fully saturated rings. The summed E-state index contributed by atoms with van der Waals surface area (Å²) in [5.74, 6) is -1.31. The molecule has 2 amide bonds. The molecular formula is C22H25ClFN5O3S. The van der Waals surface area contributed by atoms with Gasteiger partial charge in [0, 0.05) is 43.2 Å². The molecule has 0 radical (unpaired) electrons. The quantitative estimate of drug-likeness (QED) is 0.667. The molecule has 0 aliphatic carbocycles. The second-order valence-electron chi connectivity index (χ2n) is 8.03. The Kier molecular flexibility index (Phi) is 6.87. The minimum atomic E-state index is -0.498. The first-order valence-corrected chi connectivity index (χ1v) is 11.8. The third kappa shape index (κ3) is 4.97. The van der Waals surface area contributed by atoms with Crippen molar-refractivity contribution < 1.29 is 18.7 Å². The third-order valence-corrected chi connectivity index (χ3v) is 7.63. The summed E-state index contributed by atoms with van der Waals surface area (Å²) in [7, 11) is 1.83. The van der Waals surface area contributed by atoms with Crippen molar-refractivity contribution in [2.45, 2.75) is 25.9 Å². The normalized spacial score (nSPS) is 20.3. The molecule has 11 heteroatoms. The van der Waals surface area contributed by atoms with Gasteiger partial charge < -0.3 is 20.3 Å². The van der Waals surface area contributed by atoms with Crippen molar-refractivity contribution in [1.82, 2.24) is 10.3 Å². The van der Waals surface area contributed by atoms with Gasteiger partial charge in [0.25, 0.3) is 11.8 Å². The van der Waals surface area contributed by atoms with Gasteiger partial charge in [0.2, 0.25) is 0 Å². The number of ether oxygens (including phenoxy) is 1. The molecule has 2 atom stereocenters. The Hall–Kier alpha value is -2.69. The Morgan fingerprint density at radius 3 is 2.64 bits per heavy atom. The predicted octanol–water partition coefficient (Wildman–Crippen LogP) is 3.36. The Morgan fingerprint density at radius 2 is 1.97 bits per heavy atom. The predicted molar refractivity (Wildman–Crippen MR) is 128 cm³/mol. The number of halogens is 2. The Labute approximate surface area is 200 Å². The zero-order valence-electron chi connectivity index (χ0n) is 18.5. The van der Waals surface area contributed by atoms with Crippen LogP contribution in [0.4, 0.5) is 15.1 Å². The van der Waals surface area contributed by atoms with Crippen LogP contribution in [-0.4, -0.2) is 68.5 Å². The molecule has 33 heavy (non-hydrogen) atoms. The largest absolute Gasteiger partial charge is 0.378 e. The lowest BCUT2D eigenvalue weighted by Gasteiger charge is -2.29. The van der Waals surface area contributed by atoms with Crippen molar-refractivity contribution in [2.24, 2.45) is 5.10 Å². The van der Waals surface area contributed by atoms with E-state index in [1.54, 1.807) is 24.2 Å². The lowest BCUT2D eigenvalue weighted by molar-refractivity contribution is 0.0939. The van der Waals surface area contributed by atoms with Crippen molar-refractivity contribution >= 4 is 51.7 Å². The van der Waals surface area contributed by atoms with Gasteiger partial charge in [-0.05, 0) is 32.0 Å². The lowest BCUT2D eigenvalue weighted by Crippen LogP contribution is -2.44. The van der Waals surface area contributed by atoms with E-state index in [1.165, 1.54) is 12.1 Å². The van der Waals surface area contributed by atoms with E-state index in [0.717, 1.165) is 11.3 Å². The van der Waals surface area contributed by atoms with Crippen LogP contribution in [-0.2, 0) is 4.74 Å². The highest BCUT2D eigenvalue weighted by Gasteiger charge is 2.28. The fourth-order valence-electron chi connectivity index (χ4n) is 3.66. The molecule has 1 saturated heterocycles. The van der Waals surface area contributed by atoms with Crippen LogP contribution in [0.2, 0.25) is 5.02 Å². The fraction of sp³-hybridized carbons (Fsp3) is 0.409. The van der Waals surface area contributed by atoms with Gasteiger partial charge in [-0.1, -0.05) is 11.6 Å². The molecule has 2 aliphatic rings. The maximum absolute atomic E-state index is 14.3. The molecule has 2 N–H and O–H groups in total. The topological polar surface area (TPSA) is 86.3 Å². The number of nitrogens with zero attached hydrogens (tertiary/aromatic N) is 3. The van der Waals surface area contributed by atoms with Gasteiger partial charge in [0.15, 0.2) is 0 Å². The summed E-state index contributed by atoms with van der Waals surface area (Å²) in [5, 5.41) is 12.4. The molecule has 2 unspecified atom stereocenters. The van der Waals surface area contributed by atoms with E-state index in [-0.39, 0.29) is 28.6 Å². The number of hydrogen-bond acceptors (Lipinski definition) is 7. The maximum atomic E-state index is 14.3. The van der Waals surface area contributed by atoms with Crippen LogP contribution >= 0.6 is 22.9 Å². The zero-order chi connectivity index (χ0) is 23.7. The average Bonchev–Trinajstić information content (AvgIpc) is 3.27. The van der Waals surface area contributed by atoms with Gasteiger partial charge >= 0.3 is 0 Å². The van der Waals surface area contributed by atoms with Crippen LogP contribution in [0.3, 0.4) is 0 Å². The summed E-state index contributed by atoms with van der Waals surface area (Å²) in [6, 6.07) is 4.02. The molecule has 0 bridgehead atoms. The molecule has 2 aliphatic heterocycles. The van der Waals surface area contributed by atoms with Crippen LogP contribution < -0.4 is 15.5 Å². The smallest absolute Gasteiger partial charge is 0.263 e. The SMILES string of the molecule is Cc1c(NC(=O)c2cc(F)cc(N3CCOCC3)c2)sc(C(=O)NC2C=NN(C)C2C)c1Cl. The third-order valence-electron chi connectivity index (χ3n) is 5.84. The van der Waals surface area contributed by atoms with Gasteiger partial charge in [-0.3, -0.25) is 14.6 Å². The number of carbonyl (C=O) groups is 2. The summed E-state index contributed by atoms with van der Waals surface area (Å²) >= 11 is 7.50. The van der Waals surface area contributed by atoms with E-state index in [1.807, 2.05) is 18.9 Å². The second kappa shape index (κ2) is 9.66. The Balaban J connectivity index is 1.50. The van der Waals surface area contributed by atoms with Gasteiger partial charge in [0.1, 0.15) is 15.7 Å². The molecule has 2 aromatic rings. The average molecular weight is 494 g/mol. The van der Waals surface area contributed by atoms with Crippen molar-refractivity contribution in [2.75, 3.05) is 43.6 Å². The first-order chi connectivity index (χ1) is 15.7. The van der Waals surface area contributed by atoms with Crippen molar-refractivity contribution in [3.63, 3.8) is 0 Å². The number of amides is 2. The van der Waals surface area contributed by atoms with Gasteiger partial charge in [-0.15, -0.1) is 11.3 Å². The van der Waals surface area contributed by atoms with E-state index >= 15 is 0 Å². The number of anilines is 2. The fourth-order valence-corrected chi connectivity index (χ4v) is 5.01. The second-order valence-corrected chi connectivity index (χ2v) is 9.43. The molecule has 176 valence electrons. The number of carbonyl (C=O) groups excluding carboxylic acids is 2. The molecule has 0 saturated carbocycles. The number of hydrazone groups is 1. The first kappa shape index (κ1) is 23.5. The summed E-state index contributed by atoms with van der Waals surface area (Å²) in [6.07, 6.45) is 1.68. The number of rotatable bonds is 5. The maximum Gasteiger partial charge on any atom is 0.263 e. The zero-order valence-corrected chi connectivity index (χ0v) is 20.1. The van der Waals surface area contributed by atoms with Crippen LogP contribution in [0.1, 0.15) is 32.5 Å². The molecular weight excluding hydrogens is 469 g/mol. The van der Waals surface area contributed by atoms with Crippen molar-refractivity contribution in [1.29, 1.82) is 0 Å². The standard InChI is InChI=1S/C22H25ClFN5O3S/c1-12-18(23)19(21(31)26-17-11-25-28(3)13(17)2)33-22(12)27-20(30)14-8-15(24)10-16(9-14)29-4-6-32-7-5-29/h8-11,13,17H,4-7H2,1-3H3,(H,26,31)(H,27,30). The van der Waals surface area contributed by atoms with Crippen LogP contribution in [0.25, 0.3) is 0 Å². The van der Waals surface area contributed by atoms with Gasteiger partial charge in [0.05, 0.1) is 30.3 Å². The number of thiophene rings is 1. The molecule has 1 aromatic heterocycles. The number of morpholine rings is 1. The highest BCUT2D eigenvalue weighted by molar-refractivity contribution is 7.19. The molecule has 8 nitrogen and oxygen atoms in total. The summed E-state index contributed by atoms with van der Waals surface area (Å²) in [5.41, 5.74) is 1.39. The van der Waals surface area contributed by atoms with E-state index in [4.69, 9.17) is 16.3 Å². The number of benzene rings is 1. The summed E-state index contributed by atoms with van der Waals surface area (Å²) < 4.78 is 19.6. The van der Waals surface area contributed by atoms with E-state index < -0.39 is 11.7 Å². The minimum absolute atomic E-state index is 0.0154. The van der Waals surface area contributed by atoms with Gasteiger partial charge in [-0.2, -0.15) is 5.10 Å². The van der Waals surface area contributed by atoms with Crippen LogP contribution in [0.5, 0.6) is 0 Å². The Morgan fingerprint density at radius 1 is 1.24 bits per heavy atom. The van der Waals surface area contributed by atoms with E-state index in [9.17, 15) is 14.0 Å².